The number of rotatable bonds is 3. The molecule has 3 nitrogen and oxygen atoms in total. The standard InChI is InChI=1S/C12H15FN2O/c1-15(8-9-4-2-5-9)12(16)10-6-3-7-11(13)14-10/h3,6-7,9H,2,4-5,8H2,1H3. The fraction of sp³-hybridized carbons (Fsp3) is 0.500. The van der Waals surface area contributed by atoms with Gasteiger partial charge in [0.25, 0.3) is 5.91 Å². The molecule has 1 amide bonds. The molecule has 1 heterocycles. The van der Waals surface area contributed by atoms with Gasteiger partial charge >= 0.3 is 0 Å². The van der Waals surface area contributed by atoms with Crippen LogP contribution in [-0.2, 0) is 0 Å². The highest BCUT2D eigenvalue weighted by atomic mass is 19.1. The van der Waals surface area contributed by atoms with Crippen molar-refractivity contribution in [2.75, 3.05) is 13.6 Å². The second kappa shape index (κ2) is 4.60. The van der Waals surface area contributed by atoms with Crippen LogP contribution in [0.4, 0.5) is 4.39 Å². The fourth-order valence-corrected chi connectivity index (χ4v) is 1.87. The van der Waals surface area contributed by atoms with Crippen LogP contribution in [-0.4, -0.2) is 29.4 Å². The van der Waals surface area contributed by atoms with Gasteiger partial charge in [-0.05, 0) is 30.9 Å². The second-order valence-corrected chi connectivity index (χ2v) is 4.33. The van der Waals surface area contributed by atoms with Crippen molar-refractivity contribution in [3.8, 4) is 0 Å². The van der Waals surface area contributed by atoms with Crippen molar-refractivity contribution in [1.29, 1.82) is 0 Å². The lowest BCUT2D eigenvalue weighted by Gasteiger charge is -2.29. The van der Waals surface area contributed by atoms with Crippen molar-refractivity contribution in [3.63, 3.8) is 0 Å². The third kappa shape index (κ3) is 2.38. The number of hydrogen-bond donors (Lipinski definition) is 0. The van der Waals surface area contributed by atoms with Crippen molar-refractivity contribution in [1.82, 2.24) is 9.88 Å². The van der Waals surface area contributed by atoms with Gasteiger partial charge in [-0.15, -0.1) is 0 Å². The molecule has 0 atom stereocenters. The smallest absolute Gasteiger partial charge is 0.272 e. The molecule has 0 saturated heterocycles. The molecule has 4 heteroatoms. The van der Waals surface area contributed by atoms with E-state index in [1.165, 1.54) is 31.4 Å². The molecule has 1 fully saturated rings. The van der Waals surface area contributed by atoms with Gasteiger partial charge < -0.3 is 4.90 Å². The second-order valence-electron chi connectivity index (χ2n) is 4.33. The van der Waals surface area contributed by atoms with Crippen LogP contribution in [0.5, 0.6) is 0 Å². The molecule has 86 valence electrons. The van der Waals surface area contributed by atoms with E-state index in [4.69, 9.17) is 0 Å². The number of halogens is 1. The zero-order valence-electron chi connectivity index (χ0n) is 9.32. The Balaban J connectivity index is 2.00. The maximum atomic E-state index is 12.8. The minimum atomic E-state index is -0.608. The number of carbonyl (C=O) groups excluding carboxylic acids is 1. The Kier molecular flexibility index (Phi) is 3.17. The van der Waals surface area contributed by atoms with Gasteiger partial charge in [-0.3, -0.25) is 4.79 Å². The maximum absolute atomic E-state index is 12.8. The average molecular weight is 222 g/mol. The normalized spacial score (nSPS) is 15.6. The first kappa shape index (κ1) is 11.0. The van der Waals surface area contributed by atoms with Gasteiger partial charge in [0.2, 0.25) is 5.95 Å². The number of carbonyl (C=O) groups is 1. The van der Waals surface area contributed by atoms with Gasteiger partial charge in [-0.1, -0.05) is 12.5 Å². The summed E-state index contributed by atoms with van der Waals surface area (Å²) in [6.45, 7) is 0.747. The highest BCUT2D eigenvalue weighted by Crippen LogP contribution is 2.26. The molecule has 0 aliphatic heterocycles. The molecular weight excluding hydrogens is 207 g/mol. The first-order valence-corrected chi connectivity index (χ1v) is 5.55. The monoisotopic (exact) mass is 222 g/mol. The number of nitrogens with zero attached hydrogens (tertiary/aromatic N) is 2. The Morgan fingerprint density at radius 2 is 2.31 bits per heavy atom. The Morgan fingerprint density at radius 1 is 1.56 bits per heavy atom. The Bertz CT molecular complexity index is 390. The van der Waals surface area contributed by atoms with Gasteiger partial charge in [0.05, 0.1) is 0 Å². The van der Waals surface area contributed by atoms with Crippen molar-refractivity contribution < 1.29 is 9.18 Å². The van der Waals surface area contributed by atoms with E-state index in [1.807, 2.05) is 0 Å². The van der Waals surface area contributed by atoms with Crippen molar-refractivity contribution in [2.24, 2.45) is 5.92 Å². The summed E-state index contributed by atoms with van der Waals surface area (Å²) in [5.74, 6) is -0.197. The third-order valence-electron chi connectivity index (χ3n) is 3.04. The zero-order chi connectivity index (χ0) is 11.5. The first-order valence-electron chi connectivity index (χ1n) is 5.55. The zero-order valence-corrected chi connectivity index (χ0v) is 9.32. The molecule has 1 aromatic heterocycles. The quantitative estimate of drug-likeness (QED) is 0.734. The number of hydrogen-bond acceptors (Lipinski definition) is 2. The minimum absolute atomic E-state index is 0.182. The van der Waals surface area contributed by atoms with Crippen LogP contribution in [0.1, 0.15) is 29.8 Å². The van der Waals surface area contributed by atoms with Crippen molar-refractivity contribution in [2.45, 2.75) is 19.3 Å². The summed E-state index contributed by atoms with van der Waals surface area (Å²) in [5, 5.41) is 0. The van der Waals surface area contributed by atoms with Crippen LogP contribution in [0.2, 0.25) is 0 Å². The SMILES string of the molecule is CN(CC1CCC1)C(=O)c1cccc(F)n1. The summed E-state index contributed by atoms with van der Waals surface area (Å²) in [4.78, 5) is 17.1. The largest absolute Gasteiger partial charge is 0.340 e. The van der Waals surface area contributed by atoms with Crippen LogP contribution in [0, 0.1) is 11.9 Å². The number of amides is 1. The summed E-state index contributed by atoms with van der Waals surface area (Å²) < 4.78 is 12.8. The van der Waals surface area contributed by atoms with E-state index < -0.39 is 5.95 Å². The van der Waals surface area contributed by atoms with Crippen molar-refractivity contribution >= 4 is 5.91 Å². The Hall–Kier alpha value is -1.45. The van der Waals surface area contributed by atoms with E-state index in [0.29, 0.717) is 5.92 Å². The minimum Gasteiger partial charge on any atom is -0.340 e. The molecule has 0 spiro atoms. The summed E-state index contributed by atoms with van der Waals surface area (Å²) in [6.07, 6.45) is 3.63. The lowest BCUT2D eigenvalue weighted by atomic mass is 9.85. The van der Waals surface area contributed by atoms with Crippen molar-refractivity contribution in [3.05, 3.63) is 29.8 Å². The van der Waals surface area contributed by atoms with E-state index in [0.717, 1.165) is 6.54 Å². The topological polar surface area (TPSA) is 33.2 Å². The number of pyridine rings is 1. The predicted octanol–water partition coefficient (Wildman–Crippen LogP) is 2.09. The summed E-state index contributed by atoms with van der Waals surface area (Å²) in [7, 11) is 1.74. The summed E-state index contributed by atoms with van der Waals surface area (Å²) >= 11 is 0. The van der Waals surface area contributed by atoms with Gasteiger partial charge in [0.15, 0.2) is 0 Å². The Labute approximate surface area is 94.3 Å². The first-order chi connectivity index (χ1) is 7.66. The molecule has 1 saturated carbocycles. The van der Waals surface area contributed by atoms with Crippen LogP contribution < -0.4 is 0 Å². The molecule has 2 rings (SSSR count). The third-order valence-corrected chi connectivity index (χ3v) is 3.04. The lowest BCUT2D eigenvalue weighted by Crippen LogP contribution is -2.34. The Morgan fingerprint density at radius 3 is 2.88 bits per heavy atom. The highest BCUT2D eigenvalue weighted by molar-refractivity contribution is 5.92. The summed E-state index contributed by atoms with van der Waals surface area (Å²) in [5.41, 5.74) is 0.182. The molecule has 0 N–H and O–H groups in total. The van der Waals surface area contributed by atoms with Gasteiger partial charge in [0, 0.05) is 13.6 Å². The van der Waals surface area contributed by atoms with E-state index >= 15 is 0 Å². The van der Waals surface area contributed by atoms with Gasteiger partial charge in [-0.25, -0.2) is 4.98 Å². The van der Waals surface area contributed by atoms with Crippen LogP contribution in [0.15, 0.2) is 18.2 Å². The molecule has 0 bridgehead atoms. The molecule has 16 heavy (non-hydrogen) atoms. The van der Waals surface area contributed by atoms with Gasteiger partial charge in [0.1, 0.15) is 5.69 Å². The predicted molar refractivity (Wildman–Crippen MR) is 58.5 cm³/mol. The summed E-state index contributed by atoms with van der Waals surface area (Å²) in [6, 6.07) is 4.29. The highest BCUT2D eigenvalue weighted by Gasteiger charge is 2.22. The maximum Gasteiger partial charge on any atom is 0.272 e. The molecule has 1 aromatic rings. The van der Waals surface area contributed by atoms with Crippen LogP contribution in [0.25, 0.3) is 0 Å². The van der Waals surface area contributed by atoms with E-state index in [9.17, 15) is 9.18 Å². The number of aromatic nitrogens is 1. The average Bonchev–Trinajstić information content (AvgIpc) is 2.22. The molecule has 0 aromatic carbocycles. The lowest BCUT2D eigenvalue weighted by molar-refractivity contribution is 0.0738. The van der Waals surface area contributed by atoms with Crippen LogP contribution in [0.3, 0.4) is 0 Å². The van der Waals surface area contributed by atoms with E-state index in [1.54, 1.807) is 18.0 Å². The molecule has 1 aliphatic carbocycles. The molecule has 1 aliphatic rings. The van der Waals surface area contributed by atoms with E-state index in [2.05, 4.69) is 4.98 Å². The van der Waals surface area contributed by atoms with Gasteiger partial charge in [-0.2, -0.15) is 4.39 Å². The molecule has 0 radical (unpaired) electrons. The fourth-order valence-electron chi connectivity index (χ4n) is 1.87. The molecular formula is C12H15FN2O. The molecule has 0 unspecified atom stereocenters. The van der Waals surface area contributed by atoms with E-state index in [-0.39, 0.29) is 11.6 Å². The van der Waals surface area contributed by atoms with Crippen LogP contribution >= 0.6 is 0 Å².